The van der Waals surface area contributed by atoms with Gasteiger partial charge in [0.05, 0.1) is 17.4 Å². The van der Waals surface area contributed by atoms with Gasteiger partial charge in [-0.15, -0.1) is 0 Å². The summed E-state index contributed by atoms with van der Waals surface area (Å²) in [6.07, 6.45) is -3.08. The maximum atomic E-state index is 12.9. The Morgan fingerprint density at radius 2 is 1.91 bits per heavy atom. The number of anilines is 1. The summed E-state index contributed by atoms with van der Waals surface area (Å²) in [4.78, 5) is 18.9. The lowest BCUT2D eigenvalue weighted by molar-refractivity contribution is -0.139. The summed E-state index contributed by atoms with van der Waals surface area (Å²) in [6.45, 7) is 5.03. The number of carbonyl (C=O) groups is 1. The van der Waals surface area contributed by atoms with Crippen molar-refractivity contribution in [3.63, 3.8) is 0 Å². The molecular weight excluding hydrogens is 299 g/mol. The van der Waals surface area contributed by atoms with Gasteiger partial charge in [-0.3, -0.25) is 15.3 Å². The zero-order chi connectivity index (χ0) is 16.5. The van der Waals surface area contributed by atoms with Crippen LogP contribution in [0, 0.1) is 0 Å². The third kappa shape index (κ3) is 3.84. The van der Waals surface area contributed by atoms with Crippen LogP contribution in [0.2, 0.25) is 0 Å². The molecule has 0 fully saturated rings. The lowest BCUT2D eigenvalue weighted by atomic mass is 10.2. The number of ether oxygens (including phenoxy) is 1. The minimum atomic E-state index is -4.61. The third-order valence-electron chi connectivity index (χ3n) is 2.52. The van der Waals surface area contributed by atoms with Gasteiger partial charge in [-0.2, -0.15) is 13.2 Å². The van der Waals surface area contributed by atoms with Crippen molar-refractivity contribution in [3.8, 4) is 0 Å². The van der Waals surface area contributed by atoms with Gasteiger partial charge < -0.3 is 4.74 Å². The lowest BCUT2D eigenvalue weighted by Gasteiger charge is -2.19. The quantitative estimate of drug-likeness (QED) is 0.864. The van der Waals surface area contributed by atoms with Crippen molar-refractivity contribution in [1.82, 2.24) is 9.97 Å². The second kappa shape index (κ2) is 5.43. The number of hydrogen-bond acceptors (Lipinski definition) is 4. The molecule has 2 aromatic rings. The molecule has 0 aliphatic carbocycles. The Hall–Kier alpha value is -2.38. The van der Waals surface area contributed by atoms with Crippen LogP contribution in [-0.2, 0) is 10.9 Å². The Morgan fingerprint density at radius 3 is 2.50 bits per heavy atom. The van der Waals surface area contributed by atoms with Crippen LogP contribution < -0.4 is 5.32 Å². The Morgan fingerprint density at radius 1 is 1.23 bits per heavy atom. The molecule has 2 aromatic heterocycles. The van der Waals surface area contributed by atoms with E-state index in [1.54, 1.807) is 20.8 Å². The predicted octanol–water partition coefficient (Wildman–Crippen LogP) is 4.00. The van der Waals surface area contributed by atoms with Crippen LogP contribution in [0.3, 0.4) is 0 Å². The molecule has 22 heavy (non-hydrogen) atoms. The van der Waals surface area contributed by atoms with E-state index in [2.05, 4.69) is 15.3 Å². The number of aromatic nitrogens is 2. The molecule has 0 aromatic carbocycles. The van der Waals surface area contributed by atoms with Crippen LogP contribution in [-0.4, -0.2) is 21.7 Å². The molecule has 0 unspecified atom stereocenters. The fourth-order valence-electron chi connectivity index (χ4n) is 1.77. The smallest absolute Gasteiger partial charge is 0.434 e. The molecule has 2 rings (SSSR count). The van der Waals surface area contributed by atoms with Crippen molar-refractivity contribution in [2.24, 2.45) is 0 Å². The van der Waals surface area contributed by atoms with Crippen LogP contribution in [0.4, 0.5) is 23.7 Å². The van der Waals surface area contributed by atoms with Gasteiger partial charge in [-0.05, 0) is 32.9 Å². The number of nitrogens with zero attached hydrogens (tertiary/aromatic N) is 2. The summed E-state index contributed by atoms with van der Waals surface area (Å²) in [5, 5.41) is 2.16. The van der Waals surface area contributed by atoms with E-state index in [0.717, 1.165) is 6.20 Å². The molecule has 8 heteroatoms. The highest BCUT2D eigenvalue weighted by Gasteiger charge is 2.34. The van der Waals surface area contributed by atoms with Gasteiger partial charge in [-0.1, -0.05) is 0 Å². The molecule has 0 atom stereocenters. The average molecular weight is 313 g/mol. The van der Waals surface area contributed by atoms with E-state index >= 15 is 0 Å². The molecule has 0 aliphatic heterocycles. The number of alkyl halides is 3. The summed E-state index contributed by atoms with van der Waals surface area (Å²) in [7, 11) is 0. The zero-order valence-corrected chi connectivity index (χ0v) is 12.2. The zero-order valence-electron chi connectivity index (χ0n) is 12.2. The Kier molecular flexibility index (Phi) is 3.95. The number of nitrogens with one attached hydrogen (secondary N) is 1. The predicted molar refractivity (Wildman–Crippen MR) is 74.4 cm³/mol. The fraction of sp³-hybridized carbons (Fsp3) is 0.357. The highest BCUT2D eigenvalue weighted by Crippen LogP contribution is 2.33. The number of hydrogen-bond donors (Lipinski definition) is 1. The first-order valence-corrected chi connectivity index (χ1v) is 6.38. The maximum Gasteiger partial charge on any atom is 0.434 e. The number of halogens is 3. The largest absolute Gasteiger partial charge is 0.444 e. The van der Waals surface area contributed by atoms with Gasteiger partial charge in [-0.25, -0.2) is 4.79 Å². The summed E-state index contributed by atoms with van der Waals surface area (Å²) in [5.74, 6) is 0. The number of fused-ring (bicyclic) bond motifs is 1. The van der Waals surface area contributed by atoms with Gasteiger partial charge in [0.1, 0.15) is 5.60 Å². The Bertz CT molecular complexity index is 709. The first-order chi connectivity index (χ1) is 10.1. The summed E-state index contributed by atoms with van der Waals surface area (Å²) in [6, 6.07) is 2.53. The molecule has 5 nitrogen and oxygen atoms in total. The summed E-state index contributed by atoms with van der Waals surface area (Å²) < 4.78 is 43.8. The molecule has 0 radical (unpaired) electrons. The minimum absolute atomic E-state index is 0.0975. The first kappa shape index (κ1) is 16.0. The number of rotatable bonds is 1. The van der Waals surface area contributed by atoms with E-state index < -0.39 is 23.6 Å². The standard InChI is InChI=1S/C14H14F3N3O2/c1-13(2,3)22-12(21)20-8-6-9-10(19-7-8)4-5-18-11(9)14(15,16)17/h4-7H,1-3H3,(H,20,21). The maximum absolute atomic E-state index is 12.9. The number of pyridine rings is 2. The summed E-state index contributed by atoms with van der Waals surface area (Å²) >= 11 is 0. The molecule has 1 amide bonds. The van der Waals surface area contributed by atoms with Crippen molar-refractivity contribution in [1.29, 1.82) is 0 Å². The van der Waals surface area contributed by atoms with E-state index in [1.165, 1.54) is 18.3 Å². The third-order valence-corrected chi connectivity index (χ3v) is 2.52. The SMILES string of the molecule is CC(C)(C)OC(=O)Nc1cnc2ccnc(C(F)(F)F)c2c1. The number of amides is 1. The van der Waals surface area contributed by atoms with Crippen LogP contribution in [0.5, 0.6) is 0 Å². The van der Waals surface area contributed by atoms with E-state index in [1.807, 2.05) is 0 Å². The Balaban J connectivity index is 2.36. The first-order valence-electron chi connectivity index (χ1n) is 6.38. The highest BCUT2D eigenvalue weighted by atomic mass is 19.4. The molecule has 2 heterocycles. The van der Waals surface area contributed by atoms with Gasteiger partial charge >= 0.3 is 12.3 Å². The van der Waals surface area contributed by atoms with Gasteiger partial charge in [0.25, 0.3) is 0 Å². The normalized spacial score (nSPS) is 12.3. The lowest BCUT2D eigenvalue weighted by Crippen LogP contribution is -2.27. The average Bonchev–Trinajstić information content (AvgIpc) is 2.34. The highest BCUT2D eigenvalue weighted by molar-refractivity contribution is 5.90. The van der Waals surface area contributed by atoms with E-state index in [4.69, 9.17) is 4.74 Å². The molecule has 0 saturated heterocycles. The van der Waals surface area contributed by atoms with Crippen molar-refractivity contribution in [2.75, 3.05) is 5.32 Å². The van der Waals surface area contributed by atoms with E-state index in [0.29, 0.717) is 0 Å². The molecule has 0 bridgehead atoms. The van der Waals surface area contributed by atoms with Crippen LogP contribution >= 0.6 is 0 Å². The van der Waals surface area contributed by atoms with Gasteiger partial charge in [0.2, 0.25) is 0 Å². The van der Waals surface area contributed by atoms with Gasteiger partial charge in [0.15, 0.2) is 5.69 Å². The molecule has 118 valence electrons. The van der Waals surface area contributed by atoms with Crippen molar-refractivity contribution < 1.29 is 22.7 Å². The van der Waals surface area contributed by atoms with Crippen LogP contribution in [0.1, 0.15) is 26.5 Å². The summed E-state index contributed by atoms with van der Waals surface area (Å²) in [5.41, 5.74) is -1.53. The second-order valence-electron chi connectivity index (χ2n) is 5.57. The van der Waals surface area contributed by atoms with Crippen molar-refractivity contribution >= 4 is 22.7 Å². The molecule has 1 N–H and O–H groups in total. The minimum Gasteiger partial charge on any atom is -0.444 e. The Labute approximate surface area is 124 Å². The monoisotopic (exact) mass is 313 g/mol. The molecular formula is C14H14F3N3O2. The molecule has 0 aliphatic rings. The fourth-order valence-corrected chi connectivity index (χ4v) is 1.77. The van der Waals surface area contributed by atoms with Gasteiger partial charge in [0, 0.05) is 11.6 Å². The van der Waals surface area contributed by atoms with E-state index in [-0.39, 0.29) is 16.6 Å². The van der Waals surface area contributed by atoms with Crippen molar-refractivity contribution in [3.05, 3.63) is 30.2 Å². The molecule has 0 saturated carbocycles. The van der Waals surface area contributed by atoms with E-state index in [9.17, 15) is 18.0 Å². The van der Waals surface area contributed by atoms with Crippen LogP contribution in [0.15, 0.2) is 24.5 Å². The number of carbonyl (C=O) groups excluding carboxylic acids is 1. The molecule has 0 spiro atoms. The van der Waals surface area contributed by atoms with Crippen LogP contribution in [0.25, 0.3) is 10.9 Å². The topological polar surface area (TPSA) is 64.1 Å². The van der Waals surface area contributed by atoms with Crippen molar-refractivity contribution in [2.45, 2.75) is 32.5 Å². The second-order valence-corrected chi connectivity index (χ2v) is 5.57.